The number of oxime groups is 1. The highest BCUT2D eigenvalue weighted by Crippen LogP contribution is 2.40. The first kappa shape index (κ1) is 23.5. The summed E-state index contributed by atoms with van der Waals surface area (Å²) in [6.45, 7) is 1.46. The smallest absolute Gasteiger partial charge is 0.352 e. The van der Waals surface area contributed by atoms with Crippen LogP contribution in [0.15, 0.2) is 21.8 Å². The van der Waals surface area contributed by atoms with Crippen LogP contribution in [0.1, 0.15) is 19.0 Å². The lowest BCUT2D eigenvalue weighted by atomic mass is 10.0. The summed E-state index contributed by atoms with van der Waals surface area (Å²) in [5, 5.41) is 25.6. The minimum Gasteiger partial charge on any atom is -0.481 e. The average Bonchev–Trinajstić information content (AvgIpc) is 3.16. The van der Waals surface area contributed by atoms with Gasteiger partial charge in [0.05, 0.1) is 6.42 Å². The number of fused-ring (bicyclic) bond motifs is 1. The fourth-order valence-electron chi connectivity index (χ4n) is 3.08. The second kappa shape index (κ2) is 9.54. The number of nitrogens with one attached hydrogen (secondary N) is 1. The fourth-order valence-corrected chi connectivity index (χ4v) is 4.99. The molecule has 1 fully saturated rings. The maximum Gasteiger partial charge on any atom is 0.352 e. The number of carbonyl (C=O) groups is 4. The first-order valence-corrected chi connectivity index (χ1v) is 11.1. The summed E-state index contributed by atoms with van der Waals surface area (Å²) in [4.78, 5) is 58.2. The zero-order valence-electron chi connectivity index (χ0n) is 16.7. The van der Waals surface area contributed by atoms with Crippen molar-refractivity contribution in [1.29, 1.82) is 0 Å². The number of amides is 2. The first-order chi connectivity index (χ1) is 15.1. The number of carboxylic acid groups (broad SMARTS) is 2. The van der Waals surface area contributed by atoms with Gasteiger partial charge in [-0.3, -0.25) is 19.3 Å². The number of hydrogen-bond donors (Lipinski definition) is 5. The summed E-state index contributed by atoms with van der Waals surface area (Å²) in [6.07, 6.45) is -1.18. The Morgan fingerprint density at radius 1 is 1.44 bits per heavy atom. The zero-order valence-corrected chi connectivity index (χ0v) is 18.3. The number of rotatable bonds is 9. The van der Waals surface area contributed by atoms with Crippen molar-refractivity contribution in [3.63, 3.8) is 0 Å². The number of aromatic nitrogens is 1. The molecule has 1 aromatic rings. The second-order valence-electron chi connectivity index (χ2n) is 6.85. The van der Waals surface area contributed by atoms with Gasteiger partial charge in [-0.2, -0.15) is 0 Å². The van der Waals surface area contributed by atoms with E-state index in [1.54, 1.807) is 0 Å². The number of nitrogen functional groups attached to an aromatic ring is 1. The minimum absolute atomic E-state index is 0.00389. The summed E-state index contributed by atoms with van der Waals surface area (Å²) in [6, 6.07) is -1.00. The summed E-state index contributed by atoms with van der Waals surface area (Å²) in [5.41, 5.74) is 11.3. The van der Waals surface area contributed by atoms with Gasteiger partial charge in [0.15, 0.2) is 10.8 Å². The Hall–Kier alpha value is -3.17. The number of nitrogens with two attached hydrogens (primary N) is 2. The molecule has 7 N–H and O–H groups in total. The molecule has 0 aromatic carbocycles. The number of thiazole rings is 1. The van der Waals surface area contributed by atoms with E-state index in [1.165, 1.54) is 24.1 Å². The number of nitrogens with zero attached hydrogens (tertiary/aromatic N) is 3. The van der Waals surface area contributed by atoms with Gasteiger partial charge in [0.1, 0.15) is 28.9 Å². The molecule has 0 saturated carbocycles. The molecule has 3 rings (SSSR count). The van der Waals surface area contributed by atoms with E-state index in [0.29, 0.717) is 11.3 Å². The van der Waals surface area contributed by atoms with Crippen molar-refractivity contribution in [2.45, 2.75) is 30.9 Å². The van der Waals surface area contributed by atoms with Crippen LogP contribution >= 0.6 is 23.1 Å². The van der Waals surface area contributed by atoms with Crippen LogP contribution in [0.2, 0.25) is 0 Å². The molecule has 0 bridgehead atoms. The molecule has 2 amide bonds. The molecule has 15 heteroatoms. The van der Waals surface area contributed by atoms with Crippen molar-refractivity contribution in [1.82, 2.24) is 15.2 Å². The lowest BCUT2D eigenvalue weighted by Crippen LogP contribution is -2.71. The van der Waals surface area contributed by atoms with Crippen LogP contribution in [0.5, 0.6) is 0 Å². The molecule has 0 aliphatic carbocycles. The number of carboxylic acids is 2. The molecule has 2 unspecified atom stereocenters. The van der Waals surface area contributed by atoms with Crippen LogP contribution in [0.4, 0.5) is 5.13 Å². The summed E-state index contributed by atoms with van der Waals surface area (Å²) in [5.74, 6) is -3.48. The Morgan fingerprint density at radius 2 is 2.16 bits per heavy atom. The molecule has 2 aliphatic heterocycles. The maximum absolute atomic E-state index is 12.9. The first-order valence-electron chi connectivity index (χ1n) is 9.21. The van der Waals surface area contributed by atoms with Crippen molar-refractivity contribution in [2.24, 2.45) is 10.9 Å². The van der Waals surface area contributed by atoms with Crippen molar-refractivity contribution in [3.05, 3.63) is 22.3 Å². The third-order valence-corrected chi connectivity index (χ3v) is 6.56. The van der Waals surface area contributed by atoms with Crippen LogP contribution in [0.3, 0.4) is 0 Å². The lowest BCUT2D eigenvalue weighted by molar-refractivity contribution is -0.150. The molecule has 172 valence electrons. The van der Waals surface area contributed by atoms with E-state index in [0.717, 1.165) is 16.2 Å². The van der Waals surface area contributed by atoms with Crippen LogP contribution in [0, 0.1) is 0 Å². The molecule has 0 radical (unpaired) electrons. The summed E-state index contributed by atoms with van der Waals surface area (Å²) >= 11 is 2.33. The van der Waals surface area contributed by atoms with Crippen LogP contribution in [-0.2, 0) is 24.0 Å². The molecule has 3 heterocycles. The molecule has 1 aromatic heterocycles. The van der Waals surface area contributed by atoms with Gasteiger partial charge in [-0.1, -0.05) is 5.16 Å². The van der Waals surface area contributed by atoms with Crippen molar-refractivity contribution >= 4 is 57.7 Å². The van der Waals surface area contributed by atoms with Crippen molar-refractivity contribution in [3.8, 4) is 0 Å². The average molecular weight is 485 g/mol. The SMILES string of the molecule is CC(CC(=O)O)O/N=C(\C(=O)NC1C(=O)N2C(C(=O)O)=C(CN)CS[C@@H]12)c1csc(N)n1. The van der Waals surface area contributed by atoms with Gasteiger partial charge in [-0.05, 0) is 12.5 Å². The highest BCUT2D eigenvalue weighted by atomic mass is 32.2. The largest absolute Gasteiger partial charge is 0.481 e. The predicted molar refractivity (Wildman–Crippen MR) is 115 cm³/mol. The standard InChI is InChI=1S/C17H20N6O7S2/c1-6(2-9(24)25)30-22-10(8-5-32-17(19)20-8)13(26)21-11-14(27)23-12(16(28)29)7(3-18)4-31-15(11)23/h5-6,11,15H,2-4,18H2,1H3,(H2,19,20)(H,21,26)(H,24,25)(H,28,29)/b22-10-/t6?,11?,15-/m0/s1. The number of aliphatic carboxylic acids is 2. The van der Waals surface area contributed by atoms with Gasteiger partial charge >= 0.3 is 11.9 Å². The van der Waals surface area contributed by atoms with E-state index in [9.17, 15) is 24.3 Å². The Balaban J connectivity index is 1.79. The highest BCUT2D eigenvalue weighted by Gasteiger charge is 2.54. The fraction of sp³-hybridized carbons (Fsp3) is 0.412. The quantitative estimate of drug-likeness (QED) is 0.163. The maximum atomic E-state index is 12.9. The van der Waals surface area contributed by atoms with Crippen LogP contribution < -0.4 is 16.8 Å². The van der Waals surface area contributed by atoms with E-state index >= 15 is 0 Å². The molecule has 32 heavy (non-hydrogen) atoms. The van der Waals surface area contributed by atoms with E-state index in [2.05, 4.69) is 15.5 Å². The number of anilines is 1. The van der Waals surface area contributed by atoms with Crippen LogP contribution in [-0.4, -0.2) is 79.4 Å². The third-order valence-electron chi connectivity index (χ3n) is 4.55. The van der Waals surface area contributed by atoms with E-state index < -0.39 is 41.3 Å². The molecule has 1 saturated heterocycles. The highest BCUT2D eigenvalue weighted by molar-refractivity contribution is 8.00. The van der Waals surface area contributed by atoms with Crippen molar-refractivity contribution < 1.29 is 34.2 Å². The Bertz CT molecular complexity index is 1020. The molecule has 13 nitrogen and oxygen atoms in total. The number of carbonyl (C=O) groups excluding carboxylic acids is 2. The van der Waals surface area contributed by atoms with Gasteiger partial charge in [0, 0.05) is 17.7 Å². The Labute approximate surface area is 189 Å². The summed E-state index contributed by atoms with van der Waals surface area (Å²) < 4.78 is 0. The molecular formula is C17H20N6O7S2. The van der Waals surface area contributed by atoms with Gasteiger partial charge in [-0.25, -0.2) is 9.78 Å². The van der Waals surface area contributed by atoms with E-state index in [1.807, 2.05) is 0 Å². The lowest BCUT2D eigenvalue weighted by Gasteiger charge is -2.49. The minimum atomic E-state index is -1.27. The topological polar surface area (TPSA) is 211 Å². The molecular weight excluding hydrogens is 464 g/mol. The van der Waals surface area contributed by atoms with Gasteiger partial charge in [0.25, 0.3) is 11.8 Å². The van der Waals surface area contributed by atoms with Gasteiger partial charge in [-0.15, -0.1) is 23.1 Å². The van der Waals surface area contributed by atoms with Gasteiger partial charge < -0.3 is 31.8 Å². The number of β-lactam (4-membered cyclic amide) rings is 1. The Morgan fingerprint density at radius 3 is 2.72 bits per heavy atom. The molecule has 0 spiro atoms. The third kappa shape index (κ3) is 4.68. The predicted octanol–water partition coefficient (Wildman–Crippen LogP) is -0.993. The molecule has 3 atom stereocenters. The van der Waals surface area contributed by atoms with E-state index in [-0.39, 0.29) is 35.2 Å². The number of hydrogen-bond acceptors (Lipinski definition) is 11. The normalized spacial score (nSPS) is 21.5. The van der Waals surface area contributed by atoms with Gasteiger partial charge in [0.2, 0.25) is 0 Å². The zero-order chi connectivity index (χ0) is 23.6. The summed E-state index contributed by atoms with van der Waals surface area (Å²) in [7, 11) is 0. The van der Waals surface area contributed by atoms with Crippen LogP contribution in [0.25, 0.3) is 0 Å². The Kier molecular flexibility index (Phi) is 7.00. The van der Waals surface area contributed by atoms with E-state index in [4.69, 9.17) is 21.4 Å². The monoisotopic (exact) mass is 484 g/mol. The second-order valence-corrected chi connectivity index (χ2v) is 8.84. The number of thioether (sulfide) groups is 1. The molecule has 2 aliphatic rings. The van der Waals surface area contributed by atoms with Crippen molar-refractivity contribution in [2.75, 3.05) is 18.0 Å².